The molecule has 0 radical (unpaired) electrons. The van der Waals surface area contributed by atoms with Gasteiger partial charge in [-0.05, 0) is 37.1 Å². The maximum Gasteiger partial charge on any atom is 0.233 e. The van der Waals surface area contributed by atoms with Crippen LogP contribution in [0.4, 0.5) is 5.69 Å². The summed E-state index contributed by atoms with van der Waals surface area (Å²) in [6, 6.07) is 14.0. The highest BCUT2D eigenvalue weighted by Crippen LogP contribution is 2.28. The van der Waals surface area contributed by atoms with Gasteiger partial charge in [-0.3, -0.25) is 4.79 Å². The first kappa shape index (κ1) is 13.1. The highest BCUT2D eigenvalue weighted by molar-refractivity contribution is 5.98. The van der Waals surface area contributed by atoms with Gasteiger partial charge in [-0.1, -0.05) is 35.0 Å². The van der Waals surface area contributed by atoms with Gasteiger partial charge in [-0.25, -0.2) is 0 Å². The van der Waals surface area contributed by atoms with Crippen molar-refractivity contribution >= 4 is 22.6 Å². The van der Waals surface area contributed by atoms with Crippen LogP contribution in [0.5, 0.6) is 0 Å². The lowest BCUT2D eigenvalue weighted by molar-refractivity contribution is -0.117. The average Bonchev–Trinajstić information content (AvgIpc) is 3.11. The van der Waals surface area contributed by atoms with E-state index in [1.165, 1.54) is 5.56 Å². The second-order valence-electron chi connectivity index (χ2n) is 5.73. The van der Waals surface area contributed by atoms with Crippen LogP contribution in [0.1, 0.15) is 16.8 Å². The standard InChI is InChI=1S/C18H16N2O2/c1-12-6-7-17-14(10-12)15(19-22-17)11-18(21)20-9-8-13-4-2-3-5-16(13)20/h2-7,10H,8-9,11H2,1H3. The number of rotatable bonds is 2. The molecule has 0 saturated carbocycles. The lowest BCUT2D eigenvalue weighted by Gasteiger charge is -2.16. The van der Waals surface area contributed by atoms with E-state index in [-0.39, 0.29) is 12.3 Å². The topological polar surface area (TPSA) is 46.3 Å². The van der Waals surface area contributed by atoms with Crippen LogP contribution in [0.15, 0.2) is 47.0 Å². The summed E-state index contributed by atoms with van der Waals surface area (Å²) >= 11 is 0. The Labute approximate surface area is 128 Å². The molecule has 0 spiro atoms. The van der Waals surface area contributed by atoms with Gasteiger partial charge in [0.05, 0.1) is 6.42 Å². The Kier molecular flexibility index (Phi) is 2.96. The molecule has 0 bridgehead atoms. The van der Waals surface area contributed by atoms with Gasteiger partial charge in [0, 0.05) is 17.6 Å². The molecule has 4 rings (SSSR count). The number of benzene rings is 2. The number of nitrogens with zero attached hydrogens (tertiary/aromatic N) is 2. The minimum absolute atomic E-state index is 0.0710. The molecule has 2 aromatic carbocycles. The van der Waals surface area contributed by atoms with Crippen LogP contribution in [0.25, 0.3) is 11.0 Å². The third-order valence-electron chi connectivity index (χ3n) is 4.21. The maximum absolute atomic E-state index is 12.6. The lowest BCUT2D eigenvalue weighted by atomic mass is 10.1. The number of hydrogen-bond donors (Lipinski definition) is 0. The van der Waals surface area contributed by atoms with Gasteiger partial charge in [0.15, 0.2) is 5.58 Å². The molecule has 1 aliphatic rings. The highest BCUT2D eigenvalue weighted by Gasteiger charge is 2.25. The number of hydrogen-bond acceptors (Lipinski definition) is 3. The number of carbonyl (C=O) groups is 1. The number of aryl methyl sites for hydroxylation is 1. The minimum Gasteiger partial charge on any atom is -0.356 e. The zero-order valence-electron chi connectivity index (χ0n) is 12.4. The zero-order chi connectivity index (χ0) is 15.1. The van der Waals surface area contributed by atoms with Crippen LogP contribution in [0.2, 0.25) is 0 Å². The van der Waals surface area contributed by atoms with Crippen molar-refractivity contribution in [3.05, 3.63) is 59.3 Å². The van der Waals surface area contributed by atoms with E-state index in [0.29, 0.717) is 5.69 Å². The number of para-hydroxylation sites is 1. The summed E-state index contributed by atoms with van der Waals surface area (Å²) in [5, 5.41) is 5.01. The van der Waals surface area contributed by atoms with Gasteiger partial charge in [0.1, 0.15) is 5.69 Å². The van der Waals surface area contributed by atoms with Gasteiger partial charge in [0.2, 0.25) is 5.91 Å². The summed E-state index contributed by atoms with van der Waals surface area (Å²) in [6.07, 6.45) is 1.19. The second-order valence-corrected chi connectivity index (χ2v) is 5.73. The van der Waals surface area contributed by atoms with Gasteiger partial charge in [0.25, 0.3) is 0 Å². The van der Waals surface area contributed by atoms with Crippen LogP contribution in [-0.2, 0) is 17.6 Å². The predicted molar refractivity (Wildman–Crippen MR) is 84.9 cm³/mol. The third-order valence-corrected chi connectivity index (χ3v) is 4.21. The largest absolute Gasteiger partial charge is 0.356 e. The average molecular weight is 292 g/mol. The van der Waals surface area contributed by atoms with E-state index >= 15 is 0 Å². The Morgan fingerprint density at radius 3 is 3.05 bits per heavy atom. The smallest absolute Gasteiger partial charge is 0.233 e. The van der Waals surface area contributed by atoms with Crippen molar-refractivity contribution in [2.24, 2.45) is 0 Å². The fourth-order valence-electron chi connectivity index (χ4n) is 3.07. The summed E-state index contributed by atoms with van der Waals surface area (Å²) < 4.78 is 5.32. The van der Waals surface area contributed by atoms with Crippen LogP contribution in [0.3, 0.4) is 0 Å². The van der Waals surface area contributed by atoms with Crippen LogP contribution in [0, 0.1) is 6.92 Å². The molecule has 0 saturated heterocycles. The van der Waals surface area contributed by atoms with Crippen molar-refractivity contribution in [3.8, 4) is 0 Å². The lowest BCUT2D eigenvalue weighted by Crippen LogP contribution is -2.30. The molecule has 4 nitrogen and oxygen atoms in total. The molecule has 4 heteroatoms. The SMILES string of the molecule is Cc1ccc2onc(CC(=O)N3CCc4ccccc43)c2c1. The number of aromatic nitrogens is 1. The monoisotopic (exact) mass is 292 g/mol. The van der Waals surface area contributed by atoms with Crippen molar-refractivity contribution in [3.63, 3.8) is 0 Å². The van der Waals surface area contributed by atoms with E-state index in [1.54, 1.807) is 0 Å². The summed E-state index contributed by atoms with van der Waals surface area (Å²) in [6.45, 7) is 2.77. The van der Waals surface area contributed by atoms with Crippen molar-refractivity contribution in [1.82, 2.24) is 5.16 Å². The summed E-state index contributed by atoms with van der Waals surface area (Å²) in [5.74, 6) is 0.0710. The summed E-state index contributed by atoms with van der Waals surface area (Å²) in [7, 11) is 0. The second kappa shape index (κ2) is 4.98. The molecule has 0 unspecified atom stereocenters. The minimum atomic E-state index is 0.0710. The number of fused-ring (bicyclic) bond motifs is 2. The van der Waals surface area contributed by atoms with Gasteiger partial charge in [-0.2, -0.15) is 0 Å². The van der Waals surface area contributed by atoms with E-state index in [4.69, 9.17) is 4.52 Å². The first-order chi connectivity index (χ1) is 10.7. The number of anilines is 1. The van der Waals surface area contributed by atoms with E-state index in [1.807, 2.05) is 48.2 Å². The molecule has 0 atom stereocenters. The Morgan fingerprint density at radius 1 is 1.27 bits per heavy atom. The molecule has 0 aliphatic carbocycles. The van der Waals surface area contributed by atoms with Crippen molar-refractivity contribution in [2.75, 3.05) is 11.4 Å². The first-order valence-corrected chi connectivity index (χ1v) is 7.45. The molecule has 110 valence electrons. The molecule has 0 N–H and O–H groups in total. The van der Waals surface area contributed by atoms with E-state index < -0.39 is 0 Å². The molecule has 1 aliphatic heterocycles. The molecule has 1 aromatic heterocycles. The van der Waals surface area contributed by atoms with Crippen molar-refractivity contribution < 1.29 is 9.32 Å². The summed E-state index contributed by atoms with van der Waals surface area (Å²) in [5.41, 5.74) is 4.84. The molecule has 0 fully saturated rings. The Balaban J connectivity index is 1.63. The highest BCUT2D eigenvalue weighted by atomic mass is 16.5. The van der Waals surface area contributed by atoms with Gasteiger partial charge >= 0.3 is 0 Å². The number of amides is 1. The zero-order valence-corrected chi connectivity index (χ0v) is 12.4. The maximum atomic E-state index is 12.6. The Bertz CT molecular complexity index is 866. The van der Waals surface area contributed by atoms with Crippen LogP contribution in [-0.4, -0.2) is 17.6 Å². The molecular weight excluding hydrogens is 276 g/mol. The first-order valence-electron chi connectivity index (χ1n) is 7.45. The molecule has 1 amide bonds. The van der Waals surface area contributed by atoms with Crippen molar-refractivity contribution in [2.45, 2.75) is 19.8 Å². The van der Waals surface area contributed by atoms with Crippen LogP contribution < -0.4 is 4.90 Å². The molecule has 22 heavy (non-hydrogen) atoms. The third kappa shape index (κ3) is 2.08. The van der Waals surface area contributed by atoms with Crippen molar-refractivity contribution in [1.29, 1.82) is 0 Å². The Morgan fingerprint density at radius 2 is 2.14 bits per heavy atom. The fraction of sp³-hybridized carbons (Fsp3) is 0.222. The predicted octanol–water partition coefficient (Wildman–Crippen LogP) is 3.27. The molecule has 3 aromatic rings. The number of carbonyl (C=O) groups excluding carboxylic acids is 1. The molecule has 2 heterocycles. The normalized spacial score (nSPS) is 13.6. The van der Waals surface area contributed by atoms with E-state index in [0.717, 1.165) is 35.2 Å². The van der Waals surface area contributed by atoms with Gasteiger partial charge in [-0.15, -0.1) is 0 Å². The van der Waals surface area contributed by atoms with Crippen LogP contribution >= 0.6 is 0 Å². The van der Waals surface area contributed by atoms with Gasteiger partial charge < -0.3 is 9.42 Å². The fourth-order valence-corrected chi connectivity index (χ4v) is 3.07. The van der Waals surface area contributed by atoms with E-state index in [2.05, 4.69) is 11.2 Å². The molecular formula is C18H16N2O2. The van der Waals surface area contributed by atoms with E-state index in [9.17, 15) is 4.79 Å². The Hall–Kier alpha value is -2.62. The summed E-state index contributed by atoms with van der Waals surface area (Å²) in [4.78, 5) is 14.5. The quantitative estimate of drug-likeness (QED) is 0.728.